The summed E-state index contributed by atoms with van der Waals surface area (Å²) >= 11 is 6.33. The molecule has 4 rings (SSSR count). The van der Waals surface area contributed by atoms with Crippen LogP contribution in [-0.4, -0.2) is 28.0 Å². The molecule has 3 N–H and O–H groups in total. The lowest BCUT2D eigenvalue weighted by atomic mass is 9.68. The monoisotopic (exact) mass is 508 g/mol. The third kappa shape index (κ3) is 5.90. The Hall–Kier alpha value is -3.32. The molecule has 2 aromatic carbocycles. The van der Waals surface area contributed by atoms with Crippen molar-refractivity contribution in [2.45, 2.75) is 63.5 Å². The maximum absolute atomic E-state index is 13.0. The Morgan fingerprint density at radius 3 is 2.47 bits per heavy atom. The normalized spacial score (nSPS) is 20.1. The van der Waals surface area contributed by atoms with Crippen LogP contribution in [0, 0.1) is 0 Å². The van der Waals surface area contributed by atoms with Gasteiger partial charge in [0.05, 0.1) is 11.7 Å². The molecule has 1 aliphatic carbocycles. The molecule has 1 aromatic heterocycles. The third-order valence-electron chi connectivity index (χ3n) is 6.70. The second-order valence-corrected chi connectivity index (χ2v) is 10.9. The zero-order chi connectivity index (χ0) is 25.9. The van der Waals surface area contributed by atoms with Gasteiger partial charge in [0.2, 0.25) is 0 Å². The lowest BCUT2D eigenvalue weighted by Crippen LogP contribution is -2.45. The van der Waals surface area contributed by atoms with Crippen molar-refractivity contribution in [3.8, 4) is 11.3 Å². The van der Waals surface area contributed by atoms with E-state index in [-0.39, 0.29) is 22.7 Å². The Morgan fingerprint density at radius 1 is 1.14 bits per heavy atom. The summed E-state index contributed by atoms with van der Waals surface area (Å²) in [4.78, 5) is 25.4. The van der Waals surface area contributed by atoms with Crippen molar-refractivity contribution in [1.29, 1.82) is 0 Å². The number of benzene rings is 2. The average Bonchev–Trinajstić information content (AvgIpc) is 2.84. The summed E-state index contributed by atoms with van der Waals surface area (Å²) in [6.45, 7) is 5.92. The highest BCUT2D eigenvalue weighted by Crippen LogP contribution is 2.43. The number of rotatable bonds is 5. The van der Waals surface area contributed by atoms with E-state index in [9.17, 15) is 9.59 Å². The molecule has 0 aliphatic heterocycles. The Kier molecular flexibility index (Phi) is 7.41. The van der Waals surface area contributed by atoms with Gasteiger partial charge in [0.25, 0.3) is 5.56 Å². The summed E-state index contributed by atoms with van der Waals surface area (Å²) in [6, 6.07) is 19.0. The minimum atomic E-state index is -0.582. The number of nitrogens with one attached hydrogen (secondary N) is 1. The van der Waals surface area contributed by atoms with Gasteiger partial charge in [0.15, 0.2) is 0 Å². The highest BCUT2D eigenvalue weighted by atomic mass is 35.5. The number of ether oxygens (including phenoxy) is 1. The number of nitrogens with zero attached hydrogens (tertiary/aromatic N) is 2. The first-order valence-corrected chi connectivity index (χ1v) is 12.6. The predicted molar refractivity (Wildman–Crippen MR) is 143 cm³/mol. The van der Waals surface area contributed by atoms with Gasteiger partial charge < -0.3 is 15.8 Å². The van der Waals surface area contributed by atoms with Crippen molar-refractivity contribution in [2.24, 2.45) is 0 Å². The minimum Gasteiger partial charge on any atom is -0.444 e. The molecule has 1 fully saturated rings. The van der Waals surface area contributed by atoms with Gasteiger partial charge in [-0.05, 0) is 70.2 Å². The lowest BCUT2D eigenvalue weighted by Gasteiger charge is -2.41. The first-order chi connectivity index (χ1) is 17.1. The molecule has 0 radical (unpaired) electrons. The number of halogens is 1. The standard InChI is InChI=1S/C28H33ClN4O3/c1-27(2,3)36-26(35)31-18-28(20-10-7-11-21(29)16-20)14-12-22(13-15-28)33-25(34)23(30)17-24(32-33)19-8-5-4-6-9-19/h4-11,16-17,22H,12-15,18,30H2,1-3H3,(H,31,35)/t22-,28+. The van der Waals surface area contributed by atoms with E-state index in [2.05, 4.69) is 10.4 Å². The fraction of sp³-hybridized carbons (Fsp3) is 0.393. The summed E-state index contributed by atoms with van der Waals surface area (Å²) in [5.41, 5.74) is 7.73. The minimum absolute atomic E-state index is 0.0997. The molecular formula is C28H33ClN4O3. The number of anilines is 1. The van der Waals surface area contributed by atoms with Gasteiger partial charge in [0, 0.05) is 22.5 Å². The van der Waals surface area contributed by atoms with E-state index in [1.54, 1.807) is 10.7 Å². The van der Waals surface area contributed by atoms with Crippen molar-refractivity contribution in [3.63, 3.8) is 0 Å². The zero-order valence-corrected chi connectivity index (χ0v) is 21.7. The Balaban J connectivity index is 1.59. The topological polar surface area (TPSA) is 99.2 Å². The van der Waals surface area contributed by atoms with E-state index >= 15 is 0 Å². The third-order valence-corrected chi connectivity index (χ3v) is 6.93. The SMILES string of the molecule is CC(C)(C)OC(=O)NC[C@]1(c2cccc(Cl)c2)CC[C@@H](n2nc(-c3ccccc3)cc(N)c2=O)CC1. The fourth-order valence-corrected chi connectivity index (χ4v) is 5.06. The number of aromatic nitrogens is 2. The second kappa shape index (κ2) is 10.3. The van der Waals surface area contributed by atoms with Gasteiger partial charge in [0.1, 0.15) is 11.3 Å². The zero-order valence-electron chi connectivity index (χ0n) is 21.0. The molecule has 36 heavy (non-hydrogen) atoms. The van der Waals surface area contributed by atoms with E-state index in [0.717, 1.165) is 24.0 Å². The summed E-state index contributed by atoms with van der Waals surface area (Å²) in [7, 11) is 0. The van der Waals surface area contributed by atoms with Crippen molar-refractivity contribution < 1.29 is 9.53 Å². The van der Waals surface area contributed by atoms with Gasteiger partial charge in [-0.3, -0.25) is 4.79 Å². The van der Waals surface area contributed by atoms with Crippen LogP contribution in [0.3, 0.4) is 0 Å². The Bertz CT molecular complexity index is 1280. The number of carbonyl (C=O) groups excluding carboxylic acids is 1. The number of amides is 1. The van der Waals surface area contributed by atoms with Crippen LogP contribution in [0.4, 0.5) is 10.5 Å². The van der Waals surface area contributed by atoms with Crippen molar-refractivity contribution >= 4 is 23.4 Å². The molecule has 1 aliphatic rings. The van der Waals surface area contributed by atoms with Gasteiger partial charge in [-0.2, -0.15) is 5.10 Å². The maximum Gasteiger partial charge on any atom is 0.407 e. The molecule has 1 heterocycles. The van der Waals surface area contributed by atoms with Gasteiger partial charge in [-0.25, -0.2) is 9.48 Å². The highest BCUT2D eigenvalue weighted by Gasteiger charge is 2.39. The average molecular weight is 509 g/mol. The fourth-order valence-electron chi connectivity index (χ4n) is 4.87. The van der Waals surface area contributed by atoms with Gasteiger partial charge >= 0.3 is 6.09 Å². The summed E-state index contributed by atoms with van der Waals surface area (Å²) < 4.78 is 7.01. The number of nitrogens with two attached hydrogens (primary N) is 1. The van der Waals surface area contributed by atoms with Crippen molar-refractivity contribution in [1.82, 2.24) is 15.1 Å². The van der Waals surface area contributed by atoms with Crippen molar-refractivity contribution in [3.05, 3.63) is 81.6 Å². The quantitative estimate of drug-likeness (QED) is 0.459. The molecule has 0 unspecified atom stereocenters. The molecule has 7 nitrogen and oxygen atoms in total. The van der Waals surface area contributed by atoms with Crippen LogP contribution >= 0.6 is 11.6 Å². The number of carbonyl (C=O) groups is 1. The smallest absolute Gasteiger partial charge is 0.407 e. The van der Waals surface area contributed by atoms with Crippen LogP contribution in [0.1, 0.15) is 58.1 Å². The van der Waals surface area contributed by atoms with E-state index in [1.165, 1.54) is 0 Å². The summed E-state index contributed by atoms with van der Waals surface area (Å²) in [5, 5.41) is 8.30. The maximum atomic E-state index is 13.0. The largest absolute Gasteiger partial charge is 0.444 e. The van der Waals surface area contributed by atoms with Crippen LogP contribution in [-0.2, 0) is 10.2 Å². The molecule has 1 saturated carbocycles. The van der Waals surface area contributed by atoms with Crippen LogP contribution in [0.25, 0.3) is 11.3 Å². The molecule has 8 heteroatoms. The van der Waals surface area contributed by atoms with Crippen LogP contribution in [0.2, 0.25) is 5.02 Å². The number of alkyl carbamates (subject to hydrolysis) is 1. The van der Waals surface area contributed by atoms with Crippen LogP contribution < -0.4 is 16.6 Å². The van der Waals surface area contributed by atoms with E-state index in [0.29, 0.717) is 30.1 Å². The number of nitrogen functional groups attached to an aromatic ring is 1. The van der Waals surface area contributed by atoms with Crippen molar-refractivity contribution in [2.75, 3.05) is 12.3 Å². The molecule has 3 aromatic rings. The second-order valence-electron chi connectivity index (χ2n) is 10.5. The molecule has 0 saturated heterocycles. The first-order valence-electron chi connectivity index (χ1n) is 12.2. The summed E-state index contributed by atoms with van der Waals surface area (Å²) in [6.07, 6.45) is 2.42. The van der Waals surface area contributed by atoms with E-state index in [1.807, 2.05) is 75.4 Å². The van der Waals surface area contributed by atoms with Crippen LogP contribution in [0.5, 0.6) is 0 Å². The Morgan fingerprint density at radius 2 is 1.83 bits per heavy atom. The highest BCUT2D eigenvalue weighted by molar-refractivity contribution is 6.30. The van der Waals surface area contributed by atoms with Gasteiger partial charge in [-0.15, -0.1) is 0 Å². The van der Waals surface area contributed by atoms with E-state index < -0.39 is 11.7 Å². The molecule has 1 amide bonds. The molecule has 0 bridgehead atoms. The number of hydrogen-bond donors (Lipinski definition) is 2. The van der Waals surface area contributed by atoms with E-state index in [4.69, 9.17) is 22.1 Å². The lowest BCUT2D eigenvalue weighted by molar-refractivity contribution is 0.0504. The summed E-state index contributed by atoms with van der Waals surface area (Å²) in [5.74, 6) is 0. The Labute approximate surface area is 216 Å². The van der Waals surface area contributed by atoms with Gasteiger partial charge in [-0.1, -0.05) is 54.1 Å². The predicted octanol–water partition coefficient (Wildman–Crippen LogP) is 5.72. The molecule has 0 atom stereocenters. The molecular weight excluding hydrogens is 476 g/mol. The molecule has 0 spiro atoms. The molecule has 190 valence electrons. The first kappa shape index (κ1) is 25.8. The van der Waals surface area contributed by atoms with Crippen LogP contribution in [0.15, 0.2) is 65.5 Å². The number of hydrogen-bond acceptors (Lipinski definition) is 5.